The fraction of sp³-hybridized carbons (Fsp3) is 0.222. The first kappa shape index (κ1) is 14.9. The molecule has 0 saturated carbocycles. The number of benzene rings is 2. The van der Waals surface area contributed by atoms with E-state index in [0.717, 1.165) is 18.7 Å². The van der Waals surface area contributed by atoms with E-state index in [2.05, 4.69) is 52.8 Å². The minimum Gasteiger partial charge on any atom is -0.497 e. The highest BCUT2D eigenvalue weighted by Gasteiger charge is 2.25. The number of hydrogen-bond donors (Lipinski definition) is 2. The van der Waals surface area contributed by atoms with Crippen molar-refractivity contribution in [2.45, 2.75) is 12.5 Å². The smallest absolute Gasteiger partial charge is 0.119 e. The molecule has 2 aromatic carbocycles. The topological polar surface area (TPSA) is 37.0 Å². The lowest BCUT2D eigenvalue weighted by atomic mass is 9.94. The Bertz CT molecular complexity index is 782. The van der Waals surface area contributed by atoms with Crippen molar-refractivity contribution in [3.05, 3.63) is 65.4 Å². The zero-order valence-electron chi connectivity index (χ0n) is 12.4. The van der Waals surface area contributed by atoms with E-state index in [1.807, 2.05) is 6.07 Å². The molecule has 1 unspecified atom stereocenters. The minimum atomic E-state index is 0. The summed E-state index contributed by atoms with van der Waals surface area (Å²) in [4.78, 5) is 3.60. The number of fused-ring (bicyclic) bond motifs is 3. The van der Waals surface area contributed by atoms with Crippen LogP contribution >= 0.6 is 12.4 Å². The van der Waals surface area contributed by atoms with E-state index in [1.54, 1.807) is 7.11 Å². The lowest BCUT2D eigenvalue weighted by molar-refractivity contribution is 0.415. The second kappa shape index (κ2) is 6.03. The zero-order valence-corrected chi connectivity index (χ0v) is 13.2. The van der Waals surface area contributed by atoms with Gasteiger partial charge in [0.25, 0.3) is 0 Å². The summed E-state index contributed by atoms with van der Waals surface area (Å²) in [7, 11) is 1.72. The fourth-order valence-electron chi connectivity index (χ4n) is 3.26. The zero-order chi connectivity index (χ0) is 14.2. The van der Waals surface area contributed by atoms with Crippen molar-refractivity contribution in [3.63, 3.8) is 0 Å². The second-order valence-corrected chi connectivity index (χ2v) is 5.48. The molecule has 1 aliphatic rings. The molecule has 0 saturated heterocycles. The van der Waals surface area contributed by atoms with Crippen LogP contribution in [0, 0.1) is 0 Å². The molecule has 4 heteroatoms. The van der Waals surface area contributed by atoms with Gasteiger partial charge in [-0.2, -0.15) is 0 Å². The number of rotatable bonds is 2. The van der Waals surface area contributed by atoms with Crippen LogP contribution in [0.5, 0.6) is 5.75 Å². The average molecular weight is 315 g/mol. The van der Waals surface area contributed by atoms with Crippen LogP contribution in [0.25, 0.3) is 10.9 Å². The van der Waals surface area contributed by atoms with Gasteiger partial charge in [-0.05, 0) is 35.7 Å². The van der Waals surface area contributed by atoms with Crippen molar-refractivity contribution in [1.82, 2.24) is 10.3 Å². The quantitative estimate of drug-likeness (QED) is 0.754. The molecule has 3 nitrogen and oxygen atoms in total. The van der Waals surface area contributed by atoms with Gasteiger partial charge in [0, 0.05) is 23.1 Å². The number of halogens is 1. The summed E-state index contributed by atoms with van der Waals surface area (Å²) < 4.78 is 5.36. The molecule has 4 rings (SSSR count). The van der Waals surface area contributed by atoms with Crippen LogP contribution in [0.4, 0.5) is 0 Å². The van der Waals surface area contributed by atoms with E-state index >= 15 is 0 Å². The molecule has 0 spiro atoms. The Morgan fingerprint density at radius 1 is 1.09 bits per heavy atom. The maximum atomic E-state index is 5.36. The fourth-order valence-corrected chi connectivity index (χ4v) is 3.26. The molecule has 22 heavy (non-hydrogen) atoms. The van der Waals surface area contributed by atoms with Crippen LogP contribution in [0.3, 0.4) is 0 Å². The van der Waals surface area contributed by atoms with E-state index in [9.17, 15) is 0 Å². The highest BCUT2D eigenvalue weighted by molar-refractivity contribution is 5.86. The van der Waals surface area contributed by atoms with Gasteiger partial charge in [0.15, 0.2) is 0 Å². The van der Waals surface area contributed by atoms with Crippen molar-refractivity contribution in [1.29, 1.82) is 0 Å². The van der Waals surface area contributed by atoms with Gasteiger partial charge in [0.05, 0.1) is 13.2 Å². The van der Waals surface area contributed by atoms with Gasteiger partial charge < -0.3 is 15.0 Å². The molecule has 3 aromatic rings. The van der Waals surface area contributed by atoms with Crippen LogP contribution < -0.4 is 10.1 Å². The van der Waals surface area contributed by atoms with Gasteiger partial charge in [0.2, 0.25) is 0 Å². The molecule has 114 valence electrons. The summed E-state index contributed by atoms with van der Waals surface area (Å²) in [6.07, 6.45) is 1.05. The van der Waals surface area contributed by atoms with Crippen LogP contribution in [0.2, 0.25) is 0 Å². The third kappa shape index (κ3) is 2.36. The summed E-state index contributed by atoms with van der Waals surface area (Å²) in [6.45, 7) is 0.997. The Morgan fingerprint density at radius 3 is 2.68 bits per heavy atom. The summed E-state index contributed by atoms with van der Waals surface area (Å²) in [5, 5.41) is 4.90. The van der Waals surface area contributed by atoms with E-state index < -0.39 is 0 Å². The van der Waals surface area contributed by atoms with E-state index in [1.165, 1.54) is 27.7 Å². The molecule has 1 aromatic heterocycles. The molecule has 0 amide bonds. The number of H-pyrrole nitrogens is 1. The van der Waals surface area contributed by atoms with Crippen molar-refractivity contribution < 1.29 is 4.74 Å². The van der Waals surface area contributed by atoms with E-state index in [-0.39, 0.29) is 18.4 Å². The SMILES string of the molecule is COc1ccc2[nH]c3c(c2c1)CCNC3c1ccccc1.Cl. The Labute approximate surface area is 136 Å². The Hall–Kier alpha value is -1.97. The molecule has 0 radical (unpaired) electrons. The van der Waals surface area contributed by atoms with E-state index in [0.29, 0.717) is 0 Å². The first-order valence-corrected chi connectivity index (χ1v) is 7.33. The predicted molar refractivity (Wildman–Crippen MR) is 92.1 cm³/mol. The molecule has 2 heterocycles. The molecule has 2 N–H and O–H groups in total. The number of ether oxygens (including phenoxy) is 1. The largest absolute Gasteiger partial charge is 0.497 e. The van der Waals surface area contributed by atoms with Gasteiger partial charge in [0.1, 0.15) is 5.75 Å². The summed E-state index contributed by atoms with van der Waals surface area (Å²) in [5.74, 6) is 0.916. The maximum Gasteiger partial charge on any atom is 0.119 e. The Morgan fingerprint density at radius 2 is 1.91 bits per heavy atom. The summed E-state index contributed by atoms with van der Waals surface area (Å²) in [5.41, 5.74) is 5.19. The standard InChI is InChI=1S/C18H18N2O.ClH/c1-21-13-7-8-16-15(11-13)14-9-10-19-17(18(14)20-16)12-5-3-2-4-6-12;/h2-8,11,17,19-20H,9-10H2,1H3;1H. The maximum absolute atomic E-state index is 5.36. The third-order valence-electron chi connectivity index (χ3n) is 4.29. The van der Waals surface area contributed by atoms with Gasteiger partial charge in [-0.3, -0.25) is 0 Å². The minimum absolute atomic E-state index is 0. The lowest BCUT2D eigenvalue weighted by Crippen LogP contribution is -2.30. The van der Waals surface area contributed by atoms with Crippen LogP contribution in [-0.2, 0) is 6.42 Å². The van der Waals surface area contributed by atoms with Crippen molar-refractivity contribution >= 4 is 23.3 Å². The molecular weight excluding hydrogens is 296 g/mol. The molecule has 0 fully saturated rings. The second-order valence-electron chi connectivity index (χ2n) is 5.48. The average Bonchev–Trinajstić information content (AvgIpc) is 2.93. The first-order valence-electron chi connectivity index (χ1n) is 7.33. The molecule has 0 bridgehead atoms. The van der Waals surface area contributed by atoms with Crippen molar-refractivity contribution in [2.75, 3.05) is 13.7 Å². The van der Waals surface area contributed by atoms with E-state index in [4.69, 9.17) is 4.74 Å². The summed E-state index contributed by atoms with van der Waals surface area (Å²) >= 11 is 0. The normalized spacial score (nSPS) is 16.9. The predicted octanol–water partition coefficient (Wildman–Crippen LogP) is 3.83. The van der Waals surface area contributed by atoms with Crippen LogP contribution in [-0.4, -0.2) is 18.6 Å². The Kier molecular flexibility index (Phi) is 4.10. The van der Waals surface area contributed by atoms with Gasteiger partial charge in [-0.15, -0.1) is 12.4 Å². The summed E-state index contributed by atoms with van der Waals surface area (Å²) in [6, 6.07) is 17.1. The number of hydrogen-bond acceptors (Lipinski definition) is 2. The first-order chi connectivity index (χ1) is 10.4. The Balaban J connectivity index is 0.00000144. The molecule has 0 aliphatic carbocycles. The van der Waals surface area contributed by atoms with Gasteiger partial charge >= 0.3 is 0 Å². The van der Waals surface area contributed by atoms with Crippen LogP contribution in [0.1, 0.15) is 22.9 Å². The monoisotopic (exact) mass is 314 g/mol. The lowest BCUT2D eigenvalue weighted by Gasteiger charge is -2.24. The number of aromatic nitrogens is 1. The highest BCUT2D eigenvalue weighted by Crippen LogP contribution is 2.34. The van der Waals surface area contributed by atoms with Gasteiger partial charge in [-0.1, -0.05) is 30.3 Å². The molecule has 1 aliphatic heterocycles. The number of aromatic amines is 1. The molecular formula is C18H19ClN2O. The van der Waals surface area contributed by atoms with Crippen LogP contribution in [0.15, 0.2) is 48.5 Å². The molecule has 1 atom stereocenters. The number of methoxy groups -OCH3 is 1. The number of nitrogens with one attached hydrogen (secondary N) is 2. The van der Waals surface area contributed by atoms with Crippen molar-refractivity contribution in [3.8, 4) is 5.75 Å². The van der Waals surface area contributed by atoms with Crippen molar-refractivity contribution in [2.24, 2.45) is 0 Å². The third-order valence-corrected chi connectivity index (χ3v) is 4.29. The van der Waals surface area contributed by atoms with Gasteiger partial charge in [-0.25, -0.2) is 0 Å². The highest BCUT2D eigenvalue weighted by atomic mass is 35.5.